The van der Waals surface area contributed by atoms with Crippen LogP contribution < -0.4 is 4.74 Å². The van der Waals surface area contributed by atoms with E-state index in [1.54, 1.807) is 22.9 Å². The summed E-state index contributed by atoms with van der Waals surface area (Å²) in [5.41, 5.74) is 3.39. The van der Waals surface area contributed by atoms with Crippen molar-refractivity contribution in [3.63, 3.8) is 0 Å². The van der Waals surface area contributed by atoms with Crippen LogP contribution in [0, 0.1) is 6.92 Å². The van der Waals surface area contributed by atoms with E-state index in [-0.39, 0.29) is 19.1 Å². The molecule has 6 nitrogen and oxygen atoms in total. The lowest BCUT2D eigenvalue weighted by atomic mass is 10.1. The predicted molar refractivity (Wildman–Crippen MR) is 103 cm³/mol. The second-order valence-corrected chi connectivity index (χ2v) is 6.28. The largest absolute Gasteiger partial charge is 0.494 e. The van der Waals surface area contributed by atoms with Gasteiger partial charge < -0.3 is 14.7 Å². The van der Waals surface area contributed by atoms with E-state index in [0.717, 1.165) is 16.8 Å². The minimum Gasteiger partial charge on any atom is -0.494 e. The molecule has 1 N–H and O–H groups in total. The molecule has 0 atom stereocenters. The van der Waals surface area contributed by atoms with Crippen LogP contribution in [-0.4, -0.2) is 46.0 Å². The van der Waals surface area contributed by atoms with Crippen molar-refractivity contribution in [3.05, 3.63) is 77.6 Å². The number of nitrogens with zero attached hydrogens (tertiary/aromatic N) is 3. The Balaban J connectivity index is 1.82. The van der Waals surface area contributed by atoms with Crippen molar-refractivity contribution >= 4 is 5.91 Å². The number of benzene rings is 2. The second-order valence-electron chi connectivity index (χ2n) is 6.28. The highest BCUT2D eigenvalue weighted by atomic mass is 16.5. The fourth-order valence-electron chi connectivity index (χ4n) is 2.85. The van der Waals surface area contributed by atoms with Crippen molar-refractivity contribution in [1.82, 2.24) is 14.7 Å². The third-order valence-electron chi connectivity index (χ3n) is 4.31. The fourth-order valence-corrected chi connectivity index (χ4v) is 2.85. The Kier molecular flexibility index (Phi) is 5.88. The molecule has 0 aliphatic carbocycles. The standard InChI is InChI=1S/C21H23N3O3/c1-16-7-9-17(10-8-16)14-23(11-12-25)21(26)18-13-22-24(15-18)19-5-3-4-6-20(19)27-2/h3-10,13,15,25H,11-12,14H2,1-2H3. The van der Waals surface area contributed by atoms with Crippen molar-refractivity contribution in [2.45, 2.75) is 13.5 Å². The Morgan fingerprint density at radius 2 is 1.93 bits per heavy atom. The Hall–Kier alpha value is -3.12. The Labute approximate surface area is 158 Å². The molecule has 0 aliphatic heterocycles. The molecule has 3 aromatic rings. The molecule has 140 valence electrons. The van der Waals surface area contributed by atoms with Crippen molar-refractivity contribution in [3.8, 4) is 11.4 Å². The molecule has 0 unspecified atom stereocenters. The maximum atomic E-state index is 12.9. The van der Waals surface area contributed by atoms with E-state index in [1.165, 1.54) is 6.20 Å². The van der Waals surface area contributed by atoms with Gasteiger partial charge in [0, 0.05) is 19.3 Å². The summed E-state index contributed by atoms with van der Waals surface area (Å²) in [6.07, 6.45) is 3.22. The van der Waals surface area contributed by atoms with E-state index in [1.807, 2.05) is 55.5 Å². The monoisotopic (exact) mass is 365 g/mol. The highest BCUT2D eigenvalue weighted by Gasteiger charge is 2.18. The van der Waals surface area contributed by atoms with Crippen LogP contribution in [0.5, 0.6) is 5.75 Å². The molecule has 0 spiro atoms. The number of carbonyl (C=O) groups excluding carboxylic acids is 1. The van der Waals surface area contributed by atoms with Gasteiger partial charge in [0.2, 0.25) is 0 Å². The average Bonchev–Trinajstić information content (AvgIpc) is 3.18. The first kappa shape index (κ1) is 18.7. The van der Waals surface area contributed by atoms with Crippen molar-refractivity contribution in [2.24, 2.45) is 0 Å². The summed E-state index contributed by atoms with van der Waals surface area (Å²) in [6.45, 7) is 2.61. The summed E-state index contributed by atoms with van der Waals surface area (Å²) in [5, 5.41) is 13.7. The van der Waals surface area contributed by atoms with Crippen molar-refractivity contribution < 1.29 is 14.6 Å². The van der Waals surface area contributed by atoms with Gasteiger partial charge in [-0.1, -0.05) is 42.0 Å². The number of hydrogen-bond acceptors (Lipinski definition) is 4. The van der Waals surface area contributed by atoms with Gasteiger partial charge >= 0.3 is 0 Å². The van der Waals surface area contributed by atoms with E-state index in [0.29, 0.717) is 17.9 Å². The number of ether oxygens (including phenoxy) is 1. The number of aromatic nitrogens is 2. The molecule has 27 heavy (non-hydrogen) atoms. The third-order valence-corrected chi connectivity index (χ3v) is 4.31. The number of methoxy groups -OCH3 is 1. The van der Waals surface area contributed by atoms with Crippen LogP contribution in [0.2, 0.25) is 0 Å². The van der Waals surface area contributed by atoms with E-state index >= 15 is 0 Å². The minimum atomic E-state index is -0.175. The van der Waals surface area contributed by atoms with Gasteiger partial charge in [-0.3, -0.25) is 4.79 Å². The second kappa shape index (κ2) is 8.51. The highest BCUT2D eigenvalue weighted by Crippen LogP contribution is 2.22. The molecule has 0 bridgehead atoms. The van der Waals surface area contributed by atoms with E-state index < -0.39 is 0 Å². The van der Waals surface area contributed by atoms with E-state index in [4.69, 9.17) is 4.74 Å². The first-order valence-electron chi connectivity index (χ1n) is 8.76. The van der Waals surface area contributed by atoms with Crippen molar-refractivity contribution in [1.29, 1.82) is 0 Å². The number of rotatable bonds is 7. The summed E-state index contributed by atoms with van der Waals surface area (Å²) in [7, 11) is 1.60. The lowest BCUT2D eigenvalue weighted by Gasteiger charge is -2.21. The molecule has 1 aromatic heterocycles. The summed E-state index contributed by atoms with van der Waals surface area (Å²) in [4.78, 5) is 14.6. The summed E-state index contributed by atoms with van der Waals surface area (Å²) < 4.78 is 6.98. The van der Waals surface area contributed by atoms with Gasteiger partial charge in [0.25, 0.3) is 5.91 Å². The molecule has 0 aliphatic rings. The first-order valence-corrected chi connectivity index (χ1v) is 8.76. The van der Waals surface area contributed by atoms with Gasteiger partial charge in [0.1, 0.15) is 11.4 Å². The predicted octanol–water partition coefficient (Wildman–Crippen LogP) is 2.82. The molecule has 3 rings (SSSR count). The van der Waals surface area contributed by atoms with Crippen LogP contribution in [0.25, 0.3) is 5.69 Å². The Bertz CT molecular complexity index is 903. The maximum absolute atomic E-state index is 12.9. The molecule has 0 fully saturated rings. The average molecular weight is 365 g/mol. The third kappa shape index (κ3) is 4.35. The molecular weight excluding hydrogens is 342 g/mol. The molecular formula is C21H23N3O3. The topological polar surface area (TPSA) is 67.6 Å². The zero-order valence-electron chi connectivity index (χ0n) is 15.5. The van der Waals surface area contributed by atoms with Crippen LogP contribution >= 0.6 is 0 Å². The number of aliphatic hydroxyl groups is 1. The normalized spacial score (nSPS) is 10.6. The van der Waals surface area contributed by atoms with Crippen LogP contribution in [0.4, 0.5) is 0 Å². The number of aliphatic hydroxyl groups excluding tert-OH is 1. The zero-order chi connectivity index (χ0) is 19.2. The fraction of sp³-hybridized carbons (Fsp3) is 0.238. The quantitative estimate of drug-likeness (QED) is 0.699. The first-order chi connectivity index (χ1) is 13.1. The van der Waals surface area contributed by atoms with Gasteiger partial charge in [0.15, 0.2) is 0 Å². The molecule has 0 radical (unpaired) electrons. The smallest absolute Gasteiger partial charge is 0.257 e. The van der Waals surface area contributed by atoms with E-state index in [9.17, 15) is 9.90 Å². The minimum absolute atomic E-state index is 0.0990. The number of para-hydroxylation sites is 2. The molecule has 0 saturated carbocycles. The van der Waals surface area contributed by atoms with Gasteiger partial charge in [-0.15, -0.1) is 0 Å². The van der Waals surface area contributed by atoms with Gasteiger partial charge in [0.05, 0.1) is 25.5 Å². The SMILES string of the molecule is COc1ccccc1-n1cc(C(=O)N(CCO)Cc2ccc(C)cc2)cn1. The molecule has 1 amide bonds. The maximum Gasteiger partial charge on any atom is 0.257 e. The highest BCUT2D eigenvalue weighted by molar-refractivity contribution is 5.93. The Morgan fingerprint density at radius 1 is 1.19 bits per heavy atom. The lowest BCUT2D eigenvalue weighted by molar-refractivity contribution is 0.0708. The summed E-state index contributed by atoms with van der Waals surface area (Å²) >= 11 is 0. The van der Waals surface area contributed by atoms with Crippen LogP contribution in [0.15, 0.2) is 60.9 Å². The molecule has 1 heterocycles. The van der Waals surface area contributed by atoms with Gasteiger partial charge in [-0.25, -0.2) is 4.68 Å². The van der Waals surface area contributed by atoms with E-state index in [2.05, 4.69) is 5.10 Å². The summed E-state index contributed by atoms with van der Waals surface area (Å²) in [6, 6.07) is 15.5. The zero-order valence-corrected chi connectivity index (χ0v) is 15.5. The number of amides is 1. The van der Waals surface area contributed by atoms with Crippen LogP contribution in [-0.2, 0) is 6.54 Å². The Morgan fingerprint density at radius 3 is 2.63 bits per heavy atom. The van der Waals surface area contributed by atoms with Crippen molar-refractivity contribution in [2.75, 3.05) is 20.3 Å². The molecule has 2 aromatic carbocycles. The van der Waals surface area contributed by atoms with Gasteiger partial charge in [-0.05, 0) is 24.6 Å². The van der Waals surface area contributed by atoms with Crippen LogP contribution in [0.1, 0.15) is 21.5 Å². The molecule has 0 saturated heterocycles. The lowest BCUT2D eigenvalue weighted by Crippen LogP contribution is -2.32. The number of aryl methyl sites for hydroxylation is 1. The number of hydrogen-bond donors (Lipinski definition) is 1. The number of carbonyl (C=O) groups is 1. The molecule has 6 heteroatoms. The summed E-state index contributed by atoms with van der Waals surface area (Å²) in [5.74, 6) is 0.497. The van der Waals surface area contributed by atoms with Gasteiger partial charge in [-0.2, -0.15) is 5.10 Å². The van der Waals surface area contributed by atoms with Crippen LogP contribution in [0.3, 0.4) is 0 Å².